The highest BCUT2D eigenvalue weighted by molar-refractivity contribution is 9.10. The number of benzene rings is 2. The van der Waals surface area contributed by atoms with Gasteiger partial charge in [0.2, 0.25) is 5.91 Å². The molecule has 0 bridgehead atoms. The van der Waals surface area contributed by atoms with Crippen molar-refractivity contribution in [2.45, 2.75) is 6.92 Å². The van der Waals surface area contributed by atoms with E-state index in [1.807, 2.05) is 19.1 Å². The Morgan fingerprint density at radius 2 is 1.93 bits per heavy atom. The van der Waals surface area contributed by atoms with Crippen molar-refractivity contribution in [2.75, 3.05) is 11.9 Å². The molecule has 1 saturated heterocycles. The van der Waals surface area contributed by atoms with Crippen molar-refractivity contribution in [2.24, 2.45) is 0 Å². The van der Waals surface area contributed by atoms with Crippen LogP contribution in [0.3, 0.4) is 0 Å². The summed E-state index contributed by atoms with van der Waals surface area (Å²) in [6.07, 6.45) is 1.43. The Bertz CT molecular complexity index is 957. The number of phenols is 1. The lowest BCUT2D eigenvalue weighted by molar-refractivity contribution is -0.127. The summed E-state index contributed by atoms with van der Waals surface area (Å²) in [6.45, 7) is 1.56. The average molecular weight is 447 g/mol. The highest BCUT2D eigenvalue weighted by Gasteiger charge is 2.36. The number of carbonyl (C=O) groups excluding carboxylic acids is 3. The molecule has 1 aliphatic heterocycles. The van der Waals surface area contributed by atoms with Gasteiger partial charge in [0.25, 0.3) is 11.1 Å². The van der Waals surface area contributed by atoms with Gasteiger partial charge < -0.3 is 10.4 Å². The van der Waals surface area contributed by atoms with Gasteiger partial charge in [-0.15, -0.1) is 0 Å². The van der Waals surface area contributed by atoms with Crippen LogP contribution in [0.4, 0.5) is 10.5 Å². The third kappa shape index (κ3) is 4.58. The van der Waals surface area contributed by atoms with E-state index < -0.39 is 17.1 Å². The summed E-state index contributed by atoms with van der Waals surface area (Å²) >= 11 is 4.02. The van der Waals surface area contributed by atoms with Crippen LogP contribution in [0, 0.1) is 6.92 Å². The first-order chi connectivity index (χ1) is 12.8. The maximum absolute atomic E-state index is 12.5. The monoisotopic (exact) mass is 446 g/mol. The maximum atomic E-state index is 12.5. The van der Waals surface area contributed by atoms with Crippen LogP contribution in [0.1, 0.15) is 11.1 Å². The molecular weight excluding hydrogens is 432 g/mol. The number of nitrogens with one attached hydrogen (secondary N) is 1. The molecule has 2 aromatic carbocycles. The van der Waals surface area contributed by atoms with Gasteiger partial charge >= 0.3 is 0 Å². The zero-order valence-electron chi connectivity index (χ0n) is 14.2. The summed E-state index contributed by atoms with van der Waals surface area (Å²) in [5, 5.41) is 12.0. The number of hydrogen-bond donors (Lipinski definition) is 2. The number of amides is 3. The minimum absolute atomic E-state index is 0.0119. The Morgan fingerprint density at radius 3 is 2.63 bits per heavy atom. The van der Waals surface area contributed by atoms with Crippen molar-refractivity contribution in [3.8, 4) is 5.75 Å². The van der Waals surface area contributed by atoms with Crippen molar-refractivity contribution in [3.05, 3.63) is 63.0 Å². The second-order valence-electron chi connectivity index (χ2n) is 5.89. The molecule has 2 N–H and O–H groups in total. The molecular formula is C19H15BrN2O4S. The van der Waals surface area contributed by atoms with Crippen LogP contribution in [0.25, 0.3) is 6.08 Å². The van der Waals surface area contributed by atoms with Crippen LogP contribution >= 0.6 is 27.7 Å². The van der Waals surface area contributed by atoms with E-state index in [-0.39, 0.29) is 17.2 Å². The van der Waals surface area contributed by atoms with E-state index in [1.54, 1.807) is 24.3 Å². The van der Waals surface area contributed by atoms with E-state index in [4.69, 9.17) is 0 Å². The molecule has 8 heteroatoms. The van der Waals surface area contributed by atoms with Gasteiger partial charge in [-0.3, -0.25) is 19.3 Å². The Morgan fingerprint density at radius 1 is 1.22 bits per heavy atom. The topological polar surface area (TPSA) is 86.7 Å². The number of nitrogens with zero attached hydrogens (tertiary/aromatic N) is 1. The van der Waals surface area contributed by atoms with Crippen molar-refractivity contribution < 1.29 is 19.5 Å². The molecule has 1 aliphatic rings. The normalized spacial score (nSPS) is 15.5. The van der Waals surface area contributed by atoms with Crippen molar-refractivity contribution in [1.82, 2.24) is 4.90 Å². The highest BCUT2D eigenvalue weighted by atomic mass is 79.9. The van der Waals surface area contributed by atoms with Crippen LogP contribution in [-0.2, 0) is 9.59 Å². The number of hydrogen-bond acceptors (Lipinski definition) is 5. The van der Waals surface area contributed by atoms with Gasteiger partial charge in [0.15, 0.2) is 0 Å². The van der Waals surface area contributed by atoms with Gasteiger partial charge in [-0.1, -0.05) is 33.6 Å². The Labute approximate surface area is 168 Å². The largest absolute Gasteiger partial charge is 0.507 e. The molecule has 3 rings (SSSR count). The second kappa shape index (κ2) is 7.98. The van der Waals surface area contributed by atoms with Gasteiger partial charge in [0, 0.05) is 15.7 Å². The number of halogens is 1. The lowest BCUT2D eigenvalue weighted by atomic mass is 10.2. The molecule has 0 saturated carbocycles. The summed E-state index contributed by atoms with van der Waals surface area (Å²) in [5.74, 6) is -1.04. The summed E-state index contributed by atoms with van der Waals surface area (Å²) in [4.78, 5) is 37.8. The SMILES string of the molecule is Cc1ccc(NC(=O)CN2C(=O)SC(=Cc3cc(Br)ccc3O)C2=O)cc1. The number of aryl methyl sites for hydroxylation is 1. The fourth-order valence-electron chi connectivity index (χ4n) is 2.40. The minimum Gasteiger partial charge on any atom is -0.507 e. The summed E-state index contributed by atoms with van der Waals surface area (Å²) in [7, 11) is 0. The molecule has 0 unspecified atom stereocenters. The van der Waals surface area contributed by atoms with Crippen molar-refractivity contribution in [3.63, 3.8) is 0 Å². The fourth-order valence-corrected chi connectivity index (χ4v) is 3.61. The van der Waals surface area contributed by atoms with Crippen molar-refractivity contribution >= 4 is 56.5 Å². The van der Waals surface area contributed by atoms with Gasteiger partial charge in [0.1, 0.15) is 12.3 Å². The van der Waals surface area contributed by atoms with Crippen LogP contribution in [-0.4, -0.2) is 33.6 Å². The number of carbonyl (C=O) groups is 3. The Hall–Kier alpha value is -2.58. The number of rotatable bonds is 4. The third-order valence-corrected chi connectivity index (χ3v) is 5.19. The minimum atomic E-state index is -0.566. The lowest BCUT2D eigenvalue weighted by Crippen LogP contribution is -2.36. The molecule has 2 aromatic rings. The Balaban J connectivity index is 1.72. The zero-order valence-corrected chi connectivity index (χ0v) is 16.6. The summed E-state index contributed by atoms with van der Waals surface area (Å²) in [5.41, 5.74) is 2.05. The smallest absolute Gasteiger partial charge is 0.294 e. The van der Waals surface area contributed by atoms with E-state index in [9.17, 15) is 19.5 Å². The first-order valence-corrected chi connectivity index (χ1v) is 9.55. The van der Waals surface area contributed by atoms with E-state index in [1.165, 1.54) is 12.1 Å². The molecule has 1 heterocycles. The number of thioether (sulfide) groups is 1. The predicted molar refractivity (Wildman–Crippen MR) is 108 cm³/mol. The third-order valence-electron chi connectivity index (χ3n) is 3.79. The first-order valence-electron chi connectivity index (χ1n) is 7.94. The van der Waals surface area contributed by atoms with Gasteiger partial charge in [-0.05, 0) is 55.1 Å². The van der Waals surface area contributed by atoms with E-state index in [0.29, 0.717) is 11.3 Å². The molecule has 0 spiro atoms. The average Bonchev–Trinajstić information content (AvgIpc) is 2.87. The summed E-state index contributed by atoms with van der Waals surface area (Å²) < 4.78 is 0.725. The molecule has 27 heavy (non-hydrogen) atoms. The second-order valence-corrected chi connectivity index (χ2v) is 7.79. The van der Waals surface area contributed by atoms with Crippen LogP contribution in [0.2, 0.25) is 0 Å². The van der Waals surface area contributed by atoms with Crippen LogP contribution in [0.5, 0.6) is 5.75 Å². The fraction of sp³-hybridized carbons (Fsp3) is 0.105. The van der Waals surface area contributed by atoms with Crippen molar-refractivity contribution in [1.29, 1.82) is 0 Å². The number of imide groups is 1. The van der Waals surface area contributed by atoms with E-state index in [0.717, 1.165) is 26.7 Å². The zero-order chi connectivity index (χ0) is 19.6. The number of anilines is 1. The predicted octanol–water partition coefficient (Wildman–Crippen LogP) is 4.14. The molecule has 1 fully saturated rings. The number of phenolic OH excluding ortho intramolecular Hbond substituents is 1. The standard InChI is InChI=1S/C19H15BrN2O4S/c1-11-2-5-14(6-3-11)21-17(24)10-22-18(25)16(27-19(22)26)9-12-8-13(20)4-7-15(12)23/h2-9,23H,10H2,1H3,(H,21,24). The van der Waals surface area contributed by atoms with Gasteiger partial charge in [-0.25, -0.2) is 0 Å². The summed E-state index contributed by atoms with van der Waals surface area (Å²) in [6, 6.07) is 12.0. The molecule has 3 amide bonds. The molecule has 0 atom stereocenters. The van der Waals surface area contributed by atoms with Crippen LogP contribution in [0.15, 0.2) is 51.8 Å². The molecule has 0 aliphatic carbocycles. The molecule has 6 nitrogen and oxygen atoms in total. The first kappa shape index (κ1) is 19.2. The molecule has 0 aromatic heterocycles. The van der Waals surface area contributed by atoms with Crippen LogP contribution < -0.4 is 5.32 Å². The quantitative estimate of drug-likeness (QED) is 0.689. The van der Waals surface area contributed by atoms with Gasteiger partial charge in [-0.2, -0.15) is 0 Å². The highest BCUT2D eigenvalue weighted by Crippen LogP contribution is 2.34. The number of aromatic hydroxyl groups is 1. The maximum Gasteiger partial charge on any atom is 0.294 e. The Kier molecular flexibility index (Phi) is 5.67. The van der Waals surface area contributed by atoms with Gasteiger partial charge in [0.05, 0.1) is 4.91 Å². The molecule has 138 valence electrons. The van der Waals surface area contributed by atoms with E-state index >= 15 is 0 Å². The molecule has 0 radical (unpaired) electrons. The lowest BCUT2D eigenvalue weighted by Gasteiger charge is -2.12. The van der Waals surface area contributed by atoms with E-state index in [2.05, 4.69) is 21.2 Å².